The van der Waals surface area contributed by atoms with Crippen LogP contribution in [-0.2, 0) is 13.8 Å². The molecule has 12 heteroatoms. The minimum Gasteiger partial charge on any atom is -0.387 e. The Morgan fingerprint density at radius 1 is 1.42 bits per heavy atom. The summed E-state index contributed by atoms with van der Waals surface area (Å²) in [6.45, 7) is 3.01. The summed E-state index contributed by atoms with van der Waals surface area (Å²) >= 11 is 0. The van der Waals surface area contributed by atoms with Gasteiger partial charge in [-0.2, -0.15) is 4.98 Å². The minimum atomic E-state index is -4.76. The van der Waals surface area contributed by atoms with Crippen molar-refractivity contribution < 1.29 is 33.8 Å². The number of aliphatic hydroxyl groups excluding tert-OH is 2. The van der Waals surface area contributed by atoms with Crippen molar-refractivity contribution in [1.29, 1.82) is 0 Å². The molecule has 1 aromatic heterocycles. The summed E-state index contributed by atoms with van der Waals surface area (Å²) in [5.41, 5.74) is 5.45. The fourth-order valence-electron chi connectivity index (χ4n) is 2.39. The molecular weight excluding hydrogens is 345 g/mol. The van der Waals surface area contributed by atoms with Gasteiger partial charge in [-0.1, -0.05) is 13.8 Å². The molecule has 0 aromatic carbocycles. The fraction of sp³-hybridized carbons (Fsp3) is 0.667. The summed E-state index contributed by atoms with van der Waals surface area (Å²) in [6.07, 6.45) is -4.16. The van der Waals surface area contributed by atoms with E-state index in [1.165, 1.54) is 6.20 Å². The quantitative estimate of drug-likeness (QED) is 0.393. The van der Waals surface area contributed by atoms with Gasteiger partial charge in [-0.15, -0.1) is 0 Å². The van der Waals surface area contributed by atoms with E-state index < -0.39 is 44.7 Å². The number of hydrogen-bond donors (Lipinski definition) is 5. The molecule has 0 aliphatic carbocycles. The Morgan fingerprint density at radius 3 is 2.58 bits per heavy atom. The van der Waals surface area contributed by atoms with Crippen molar-refractivity contribution in [2.45, 2.75) is 44.3 Å². The Balaban J connectivity index is 2.28. The third-order valence-corrected chi connectivity index (χ3v) is 4.14. The maximum absolute atomic E-state index is 12.0. The molecule has 4 atom stereocenters. The lowest BCUT2D eigenvalue weighted by molar-refractivity contribution is -0.0543. The maximum Gasteiger partial charge on any atom is 0.469 e. The number of phosphoric acid groups is 1. The Kier molecular flexibility index (Phi) is 5.45. The van der Waals surface area contributed by atoms with Crippen molar-refractivity contribution in [2.75, 3.05) is 12.3 Å². The van der Waals surface area contributed by atoms with Gasteiger partial charge in [0.2, 0.25) is 0 Å². The van der Waals surface area contributed by atoms with Crippen LogP contribution in [0.15, 0.2) is 11.0 Å². The lowest BCUT2D eigenvalue weighted by Gasteiger charge is -2.19. The van der Waals surface area contributed by atoms with E-state index in [1.807, 2.05) is 13.8 Å². The van der Waals surface area contributed by atoms with Crippen molar-refractivity contribution in [1.82, 2.24) is 9.55 Å². The molecule has 1 fully saturated rings. The summed E-state index contributed by atoms with van der Waals surface area (Å²) in [4.78, 5) is 33.1. The van der Waals surface area contributed by atoms with E-state index in [0.29, 0.717) is 5.56 Å². The Labute approximate surface area is 136 Å². The number of anilines is 1. The Hall–Kier alpha value is -1.33. The maximum atomic E-state index is 12.0. The zero-order valence-electron chi connectivity index (χ0n) is 13.0. The van der Waals surface area contributed by atoms with Gasteiger partial charge >= 0.3 is 13.5 Å². The van der Waals surface area contributed by atoms with Crippen LogP contribution in [0.4, 0.5) is 5.82 Å². The second-order valence-electron chi connectivity index (χ2n) is 5.76. The van der Waals surface area contributed by atoms with E-state index in [4.69, 9.17) is 20.3 Å². The van der Waals surface area contributed by atoms with Gasteiger partial charge in [-0.05, 0) is 5.92 Å². The molecular formula is C12H20N3O8P. The number of hydrogen-bond acceptors (Lipinski definition) is 8. The lowest BCUT2D eigenvalue weighted by Crippen LogP contribution is -2.36. The second kappa shape index (κ2) is 6.89. The smallest absolute Gasteiger partial charge is 0.387 e. The highest BCUT2D eigenvalue weighted by atomic mass is 31.2. The number of ether oxygens (including phenoxy) is 1. The van der Waals surface area contributed by atoms with E-state index >= 15 is 0 Å². The SMILES string of the molecule is CC(C)c1cn(C2O[C@H](COP(=O)(O)O)[C@@H](O)[C@H]2O)c(=O)nc1N. The van der Waals surface area contributed by atoms with Crippen molar-refractivity contribution >= 4 is 13.6 Å². The third kappa shape index (κ3) is 4.01. The molecule has 136 valence electrons. The standard InChI is InChI=1S/C12H20N3O8P/c1-5(2)6-3-15(12(18)14-10(6)13)11-9(17)8(16)7(23-11)4-22-24(19,20)21/h3,5,7-9,11,16-17H,4H2,1-2H3,(H2,13,14,18)(H2,19,20,21)/t7-,8-,9-,11?/m1/s1. The topological polar surface area (TPSA) is 177 Å². The van der Waals surface area contributed by atoms with Crippen molar-refractivity contribution in [3.05, 3.63) is 22.2 Å². The molecule has 1 aliphatic rings. The first-order chi connectivity index (χ1) is 11.0. The largest absolute Gasteiger partial charge is 0.469 e. The number of aromatic nitrogens is 2. The van der Waals surface area contributed by atoms with Crippen molar-refractivity contribution in [3.63, 3.8) is 0 Å². The predicted octanol–water partition coefficient (Wildman–Crippen LogP) is -1.32. The molecule has 1 aromatic rings. The second-order valence-corrected chi connectivity index (χ2v) is 7.00. The van der Waals surface area contributed by atoms with Crippen LogP contribution in [0.2, 0.25) is 0 Å². The van der Waals surface area contributed by atoms with Gasteiger partial charge in [0.1, 0.15) is 24.1 Å². The summed E-state index contributed by atoms with van der Waals surface area (Å²) in [6, 6.07) is 0. The van der Waals surface area contributed by atoms with Gasteiger partial charge < -0.3 is 30.5 Å². The summed E-state index contributed by atoms with van der Waals surface area (Å²) in [5.74, 6) is 0.00211. The predicted molar refractivity (Wildman–Crippen MR) is 80.9 cm³/mol. The fourth-order valence-corrected chi connectivity index (χ4v) is 2.73. The van der Waals surface area contributed by atoms with Crippen molar-refractivity contribution in [2.24, 2.45) is 0 Å². The molecule has 1 unspecified atom stereocenters. The molecule has 11 nitrogen and oxygen atoms in total. The van der Waals surface area contributed by atoms with E-state index in [9.17, 15) is 19.6 Å². The average molecular weight is 365 g/mol. The van der Waals surface area contributed by atoms with Gasteiger partial charge in [0.15, 0.2) is 6.23 Å². The first kappa shape index (κ1) is 19.0. The van der Waals surface area contributed by atoms with Gasteiger partial charge in [0.05, 0.1) is 6.61 Å². The molecule has 1 saturated heterocycles. The lowest BCUT2D eigenvalue weighted by atomic mass is 10.1. The zero-order chi connectivity index (χ0) is 18.2. The van der Waals surface area contributed by atoms with Crippen LogP contribution in [-0.4, -0.2) is 54.5 Å². The van der Waals surface area contributed by atoms with E-state index in [1.54, 1.807) is 0 Å². The number of aliphatic hydroxyl groups is 2. The highest BCUT2D eigenvalue weighted by molar-refractivity contribution is 7.46. The number of nitrogens with zero attached hydrogens (tertiary/aromatic N) is 2. The van der Waals surface area contributed by atoms with E-state index in [2.05, 4.69) is 9.51 Å². The monoisotopic (exact) mass is 365 g/mol. The van der Waals surface area contributed by atoms with Gasteiger partial charge in [-0.25, -0.2) is 9.36 Å². The van der Waals surface area contributed by atoms with Gasteiger partial charge in [0, 0.05) is 11.8 Å². The minimum absolute atomic E-state index is 0.0541. The number of nitrogens with two attached hydrogens (primary N) is 1. The van der Waals surface area contributed by atoms with Crippen LogP contribution in [0.25, 0.3) is 0 Å². The molecule has 24 heavy (non-hydrogen) atoms. The molecule has 0 radical (unpaired) electrons. The zero-order valence-corrected chi connectivity index (χ0v) is 13.9. The molecule has 0 amide bonds. The van der Waals surface area contributed by atoms with Crippen LogP contribution in [0, 0.1) is 0 Å². The van der Waals surface area contributed by atoms with Crippen LogP contribution in [0.5, 0.6) is 0 Å². The molecule has 2 rings (SSSR count). The first-order valence-electron chi connectivity index (χ1n) is 7.11. The summed E-state index contributed by atoms with van der Waals surface area (Å²) in [5, 5.41) is 20.0. The third-order valence-electron chi connectivity index (χ3n) is 3.65. The van der Waals surface area contributed by atoms with Gasteiger partial charge in [0.25, 0.3) is 0 Å². The number of phosphoric ester groups is 1. The highest BCUT2D eigenvalue weighted by Crippen LogP contribution is 2.38. The van der Waals surface area contributed by atoms with Crippen molar-refractivity contribution in [3.8, 4) is 0 Å². The van der Waals surface area contributed by atoms with Crippen LogP contribution >= 0.6 is 7.82 Å². The first-order valence-corrected chi connectivity index (χ1v) is 8.64. The Bertz CT molecular complexity index is 702. The molecule has 0 spiro atoms. The molecule has 1 aliphatic heterocycles. The van der Waals surface area contributed by atoms with E-state index in [-0.39, 0.29) is 11.7 Å². The van der Waals surface area contributed by atoms with Crippen LogP contribution in [0.1, 0.15) is 31.6 Å². The van der Waals surface area contributed by atoms with Crippen LogP contribution < -0.4 is 11.4 Å². The molecule has 0 bridgehead atoms. The van der Waals surface area contributed by atoms with Gasteiger partial charge in [-0.3, -0.25) is 9.09 Å². The highest BCUT2D eigenvalue weighted by Gasteiger charge is 2.45. The summed E-state index contributed by atoms with van der Waals surface area (Å²) in [7, 11) is -4.76. The number of nitrogen functional groups attached to an aromatic ring is 1. The average Bonchev–Trinajstić information content (AvgIpc) is 2.72. The molecule has 6 N–H and O–H groups in total. The molecule has 2 heterocycles. The van der Waals surface area contributed by atoms with Crippen LogP contribution in [0.3, 0.4) is 0 Å². The summed E-state index contributed by atoms with van der Waals surface area (Å²) < 4.78 is 21.3. The normalized spacial score (nSPS) is 27.8. The Morgan fingerprint density at radius 2 is 2.04 bits per heavy atom. The molecule has 0 saturated carbocycles. The van der Waals surface area contributed by atoms with E-state index in [0.717, 1.165) is 4.57 Å². The number of rotatable bonds is 5.